The molecule has 0 radical (unpaired) electrons. The molecule has 3 rings (SSSR count). The third-order valence-electron chi connectivity index (χ3n) is 4.68. The number of ketones is 1. The van der Waals surface area contributed by atoms with Crippen LogP contribution in [0.5, 0.6) is 0 Å². The van der Waals surface area contributed by atoms with Crippen molar-refractivity contribution in [1.29, 1.82) is 5.26 Å². The van der Waals surface area contributed by atoms with Crippen molar-refractivity contribution in [1.82, 2.24) is 9.97 Å². The monoisotopic (exact) mass is 449 g/mol. The molecule has 10 heteroatoms. The average Bonchev–Trinajstić information content (AvgIpc) is 2.76. The predicted molar refractivity (Wildman–Crippen MR) is 100 cm³/mol. The molecule has 2 heterocycles. The molecule has 0 aliphatic rings. The quantitative estimate of drug-likeness (QED) is 0.365. The fourth-order valence-electron chi connectivity index (χ4n) is 3.13. The second kappa shape index (κ2) is 8.78. The molecule has 0 spiro atoms. The Morgan fingerprint density at radius 2 is 1.62 bits per heavy atom. The van der Waals surface area contributed by atoms with Gasteiger partial charge in [0.15, 0.2) is 5.78 Å². The molecular formula is C22H13F6N3O. The lowest BCUT2D eigenvalue weighted by Crippen LogP contribution is -2.18. The lowest BCUT2D eigenvalue weighted by Gasteiger charge is -2.21. The number of hydrogen-bond acceptors (Lipinski definition) is 4. The van der Waals surface area contributed by atoms with Crippen LogP contribution in [0.15, 0.2) is 60.9 Å². The van der Waals surface area contributed by atoms with Crippen LogP contribution in [0.3, 0.4) is 0 Å². The van der Waals surface area contributed by atoms with Gasteiger partial charge in [-0.25, -0.2) is 0 Å². The molecule has 164 valence electrons. The summed E-state index contributed by atoms with van der Waals surface area (Å²) in [4.78, 5) is 20.4. The number of halogens is 6. The second-order valence-electron chi connectivity index (χ2n) is 6.78. The van der Waals surface area contributed by atoms with E-state index in [4.69, 9.17) is 5.26 Å². The third-order valence-corrected chi connectivity index (χ3v) is 4.68. The minimum Gasteiger partial charge on any atom is -0.292 e. The summed E-state index contributed by atoms with van der Waals surface area (Å²) in [5.41, 5.74) is -2.40. The Morgan fingerprint density at radius 3 is 2.16 bits per heavy atom. The molecule has 1 aromatic carbocycles. The van der Waals surface area contributed by atoms with Gasteiger partial charge in [-0.05, 0) is 42.0 Å². The van der Waals surface area contributed by atoms with Gasteiger partial charge in [0, 0.05) is 24.7 Å². The number of pyridine rings is 2. The third kappa shape index (κ3) is 5.11. The fraction of sp³-hybridized carbons (Fsp3) is 0.182. The summed E-state index contributed by atoms with van der Waals surface area (Å²) in [6, 6.07) is 9.83. The van der Waals surface area contributed by atoms with Crippen LogP contribution in [0.25, 0.3) is 0 Å². The minimum absolute atomic E-state index is 0.0594. The second-order valence-corrected chi connectivity index (χ2v) is 6.78. The van der Waals surface area contributed by atoms with Crippen LogP contribution in [0, 0.1) is 11.3 Å². The Bertz CT molecular complexity index is 1150. The summed E-state index contributed by atoms with van der Waals surface area (Å²) in [5.74, 6) is -1.93. The highest BCUT2D eigenvalue weighted by molar-refractivity contribution is 5.95. The van der Waals surface area contributed by atoms with Gasteiger partial charge < -0.3 is 0 Å². The van der Waals surface area contributed by atoms with Gasteiger partial charge >= 0.3 is 12.4 Å². The molecule has 0 aliphatic carbocycles. The Labute approximate surface area is 178 Å². The number of alkyl halides is 6. The van der Waals surface area contributed by atoms with Gasteiger partial charge in [-0.2, -0.15) is 31.6 Å². The fourth-order valence-corrected chi connectivity index (χ4v) is 3.13. The van der Waals surface area contributed by atoms with Crippen LogP contribution in [-0.2, 0) is 12.4 Å². The first-order valence-corrected chi connectivity index (χ1v) is 9.09. The van der Waals surface area contributed by atoms with Gasteiger partial charge in [0.1, 0.15) is 11.8 Å². The molecule has 3 aromatic rings. The van der Waals surface area contributed by atoms with Crippen molar-refractivity contribution in [2.45, 2.75) is 24.7 Å². The Hall–Kier alpha value is -3.74. The maximum absolute atomic E-state index is 13.6. The van der Waals surface area contributed by atoms with Crippen LogP contribution in [-0.4, -0.2) is 15.8 Å². The molecule has 0 aliphatic heterocycles. The normalized spacial score (nSPS) is 12.8. The van der Waals surface area contributed by atoms with E-state index in [0.717, 1.165) is 48.8 Å². The zero-order chi connectivity index (χ0) is 23.5. The number of aromatic nitrogens is 2. The van der Waals surface area contributed by atoms with Crippen molar-refractivity contribution in [2.24, 2.45) is 0 Å². The van der Waals surface area contributed by atoms with E-state index in [1.807, 2.05) is 6.07 Å². The van der Waals surface area contributed by atoms with Crippen molar-refractivity contribution < 1.29 is 31.1 Å². The molecule has 0 fully saturated rings. The number of nitriles is 1. The maximum Gasteiger partial charge on any atom is 0.418 e. The van der Waals surface area contributed by atoms with Crippen molar-refractivity contribution in [2.75, 3.05) is 0 Å². The zero-order valence-corrected chi connectivity index (χ0v) is 16.1. The van der Waals surface area contributed by atoms with E-state index in [9.17, 15) is 31.1 Å². The van der Waals surface area contributed by atoms with Gasteiger partial charge in [-0.3, -0.25) is 14.8 Å². The number of rotatable bonds is 5. The number of benzene rings is 1. The van der Waals surface area contributed by atoms with Crippen LogP contribution in [0.4, 0.5) is 26.3 Å². The first-order chi connectivity index (χ1) is 15.0. The summed E-state index contributed by atoms with van der Waals surface area (Å²) < 4.78 is 79.4. The molecule has 0 saturated carbocycles. The number of hydrogen-bond donors (Lipinski definition) is 0. The molecular weight excluding hydrogens is 436 g/mol. The lowest BCUT2D eigenvalue weighted by atomic mass is 9.86. The highest BCUT2D eigenvalue weighted by Gasteiger charge is 2.37. The highest BCUT2D eigenvalue weighted by atomic mass is 19.4. The van der Waals surface area contributed by atoms with Crippen LogP contribution < -0.4 is 0 Å². The van der Waals surface area contributed by atoms with E-state index >= 15 is 0 Å². The molecule has 0 saturated heterocycles. The number of nitrogens with zero attached hydrogens (tertiary/aromatic N) is 3. The predicted octanol–water partition coefficient (Wildman–Crippen LogP) is 5.79. The topological polar surface area (TPSA) is 66.6 Å². The van der Waals surface area contributed by atoms with Crippen LogP contribution in [0.2, 0.25) is 0 Å². The average molecular weight is 449 g/mol. The first kappa shape index (κ1) is 22.9. The van der Waals surface area contributed by atoms with Gasteiger partial charge in [0.05, 0.1) is 22.4 Å². The number of Topliss-reactive ketones (excluding diaryl/α,β-unsaturated/α-hetero) is 1. The first-order valence-electron chi connectivity index (χ1n) is 9.09. The Balaban J connectivity index is 2.06. The van der Waals surface area contributed by atoms with E-state index in [0.29, 0.717) is 0 Å². The van der Waals surface area contributed by atoms with E-state index in [1.165, 1.54) is 12.1 Å². The van der Waals surface area contributed by atoms with E-state index in [1.54, 1.807) is 0 Å². The zero-order valence-electron chi connectivity index (χ0n) is 16.1. The Morgan fingerprint density at radius 1 is 0.938 bits per heavy atom. The van der Waals surface area contributed by atoms with E-state index in [2.05, 4.69) is 9.97 Å². The van der Waals surface area contributed by atoms with Crippen molar-refractivity contribution >= 4 is 5.78 Å². The smallest absolute Gasteiger partial charge is 0.292 e. The van der Waals surface area contributed by atoms with Crippen molar-refractivity contribution in [3.05, 3.63) is 94.6 Å². The van der Waals surface area contributed by atoms with E-state index in [-0.39, 0.29) is 16.8 Å². The summed E-state index contributed by atoms with van der Waals surface area (Å²) in [7, 11) is 0. The van der Waals surface area contributed by atoms with Crippen LogP contribution in [0.1, 0.15) is 50.8 Å². The standard InChI is InChI=1S/C22H13F6N3O/c23-21(24,25)15-6-4-14(5-7-15)16(20-17(22(26,27)28)2-1-9-30-20)10-19(32)18-8-3-13(11-29)12-31-18/h1-9,12,16H,10H2/t16-/m0/s1. The maximum atomic E-state index is 13.6. The number of carbonyl (C=O) groups excluding carboxylic acids is 1. The molecule has 0 unspecified atom stereocenters. The molecule has 0 amide bonds. The van der Waals surface area contributed by atoms with Crippen molar-refractivity contribution in [3.8, 4) is 6.07 Å². The minimum atomic E-state index is -4.79. The SMILES string of the molecule is N#Cc1ccc(C(=O)C[C@@H](c2ccc(C(F)(F)F)cc2)c2ncccc2C(F)(F)F)nc1. The summed E-state index contributed by atoms with van der Waals surface area (Å²) >= 11 is 0. The van der Waals surface area contributed by atoms with Crippen molar-refractivity contribution in [3.63, 3.8) is 0 Å². The molecule has 2 aromatic heterocycles. The van der Waals surface area contributed by atoms with Crippen LogP contribution >= 0.6 is 0 Å². The Kier molecular flexibility index (Phi) is 6.30. The van der Waals surface area contributed by atoms with E-state index < -0.39 is 47.3 Å². The highest BCUT2D eigenvalue weighted by Crippen LogP contribution is 2.39. The molecule has 0 bridgehead atoms. The van der Waals surface area contributed by atoms with Gasteiger partial charge in [0.2, 0.25) is 0 Å². The largest absolute Gasteiger partial charge is 0.418 e. The number of carbonyl (C=O) groups is 1. The molecule has 0 N–H and O–H groups in total. The molecule has 1 atom stereocenters. The van der Waals surface area contributed by atoms with Gasteiger partial charge in [-0.1, -0.05) is 12.1 Å². The summed E-state index contributed by atoms with van der Waals surface area (Å²) in [6.45, 7) is 0. The van der Waals surface area contributed by atoms with Gasteiger partial charge in [-0.15, -0.1) is 0 Å². The molecule has 4 nitrogen and oxygen atoms in total. The summed E-state index contributed by atoms with van der Waals surface area (Å²) in [5, 5.41) is 8.83. The summed E-state index contributed by atoms with van der Waals surface area (Å²) in [6.07, 6.45) is -7.68. The molecule has 32 heavy (non-hydrogen) atoms. The lowest BCUT2D eigenvalue weighted by molar-refractivity contribution is -0.139. The van der Waals surface area contributed by atoms with Gasteiger partial charge in [0.25, 0.3) is 0 Å².